The van der Waals surface area contributed by atoms with Gasteiger partial charge in [-0.25, -0.2) is 0 Å². The Balaban J connectivity index is 4.59. The second kappa shape index (κ2) is 4.66. The zero-order valence-electron chi connectivity index (χ0n) is 6.99. The molecular formula is C4H13NO6P2. The van der Waals surface area contributed by atoms with Crippen molar-refractivity contribution < 1.29 is 28.7 Å². The van der Waals surface area contributed by atoms with Gasteiger partial charge < -0.3 is 19.6 Å². The van der Waals surface area contributed by atoms with E-state index in [9.17, 15) is 9.13 Å². The highest BCUT2D eigenvalue weighted by molar-refractivity contribution is 7.70. The van der Waals surface area contributed by atoms with Crippen molar-refractivity contribution in [3.8, 4) is 0 Å². The van der Waals surface area contributed by atoms with Crippen LogP contribution >= 0.6 is 15.2 Å². The quantitative estimate of drug-likeness (QED) is 0.409. The summed E-state index contributed by atoms with van der Waals surface area (Å²) in [7, 11) is -9.60. The number of rotatable bonds is 5. The third-order valence-corrected chi connectivity index (χ3v) is 4.66. The Hall–Kier alpha value is 0.260. The molecule has 0 aliphatic heterocycles. The first-order valence-electron chi connectivity index (χ1n) is 3.53. The summed E-state index contributed by atoms with van der Waals surface area (Å²) < 4.78 is 21.2. The largest absolute Gasteiger partial charge is 0.354 e. The molecule has 0 aromatic rings. The summed E-state index contributed by atoms with van der Waals surface area (Å²) in [6.45, 7) is 1.85. The van der Waals surface area contributed by atoms with Gasteiger partial charge in [0.1, 0.15) is 0 Å². The van der Waals surface area contributed by atoms with Gasteiger partial charge in [-0.3, -0.25) is 14.4 Å². The Morgan fingerprint density at radius 1 is 1.15 bits per heavy atom. The van der Waals surface area contributed by atoms with Gasteiger partial charge in [0.15, 0.2) is 0 Å². The molecule has 0 amide bonds. The summed E-state index contributed by atoms with van der Waals surface area (Å²) >= 11 is 0. The third-order valence-electron chi connectivity index (χ3n) is 1.21. The molecule has 0 radical (unpaired) electrons. The highest BCUT2D eigenvalue weighted by Crippen LogP contribution is 2.58. The fourth-order valence-electron chi connectivity index (χ4n) is 0.707. The Kier molecular flexibility index (Phi) is 4.76. The molecule has 0 spiro atoms. The summed E-state index contributed by atoms with van der Waals surface area (Å²) in [4.78, 5) is 34.4. The van der Waals surface area contributed by atoms with Crippen LogP contribution in [0.15, 0.2) is 0 Å². The third kappa shape index (κ3) is 4.88. The van der Waals surface area contributed by atoms with Gasteiger partial charge in [-0.15, -0.1) is 0 Å². The average molecular weight is 233 g/mol. The second-order valence-electron chi connectivity index (χ2n) is 2.51. The Bertz CT molecular complexity index is 221. The van der Waals surface area contributed by atoms with Gasteiger partial charge in [-0.2, -0.15) is 0 Å². The molecule has 0 aromatic heterocycles. The monoisotopic (exact) mass is 233 g/mol. The molecule has 9 heteroatoms. The van der Waals surface area contributed by atoms with E-state index in [-0.39, 0.29) is 6.54 Å². The van der Waals surface area contributed by atoms with Crippen LogP contribution in [-0.2, 0) is 9.13 Å². The van der Waals surface area contributed by atoms with Gasteiger partial charge in [0.2, 0.25) is 5.52 Å². The lowest BCUT2D eigenvalue weighted by Crippen LogP contribution is -2.29. The topological polar surface area (TPSA) is 127 Å². The van der Waals surface area contributed by atoms with Gasteiger partial charge in [-0.05, 0) is 13.0 Å². The van der Waals surface area contributed by atoms with E-state index in [0.29, 0.717) is 6.42 Å². The number of hydrogen-bond donors (Lipinski definition) is 5. The Morgan fingerprint density at radius 3 is 1.77 bits per heavy atom. The maximum atomic E-state index is 10.6. The van der Waals surface area contributed by atoms with E-state index in [2.05, 4.69) is 5.32 Å². The minimum Gasteiger partial charge on any atom is -0.323 e. The van der Waals surface area contributed by atoms with Crippen molar-refractivity contribution in [3.63, 3.8) is 0 Å². The van der Waals surface area contributed by atoms with Crippen molar-refractivity contribution in [1.29, 1.82) is 0 Å². The fourth-order valence-corrected chi connectivity index (χ4v) is 3.01. The number of hydrogen-bond acceptors (Lipinski definition) is 3. The maximum absolute atomic E-state index is 10.6. The summed E-state index contributed by atoms with van der Waals surface area (Å²) in [5, 5.41) is 2.12. The molecule has 0 bridgehead atoms. The predicted molar refractivity (Wildman–Crippen MR) is 46.2 cm³/mol. The van der Waals surface area contributed by atoms with Crippen LogP contribution in [0.2, 0.25) is 0 Å². The van der Waals surface area contributed by atoms with Crippen molar-refractivity contribution in [3.05, 3.63) is 0 Å². The Labute approximate surface area is 75.5 Å². The summed E-state index contributed by atoms with van der Waals surface area (Å²) in [6.07, 6.45) is 0.524. The molecule has 0 unspecified atom stereocenters. The first-order chi connectivity index (χ1) is 5.69. The normalized spacial score (nSPS) is 13.7. The Morgan fingerprint density at radius 2 is 1.54 bits per heavy atom. The van der Waals surface area contributed by atoms with Crippen LogP contribution in [0.3, 0.4) is 0 Å². The molecule has 7 nitrogen and oxygen atoms in total. The lowest BCUT2D eigenvalue weighted by atomic mass is 10.5. The van der Waals surface area contributed by atoms with Crippen LogP contribution in [0.5, 0.6) is 0 Å². The van der Waals surface area contributed by atoms with Crippen molar-refractivity contribution in [2.75, 3.05) is 6.54 Å². The van der Waals surface area contributed by atoms with Crippen molar-refractivity contribution in [2.45, 2.75) is 18.9 Å². The standard InChI is InChI=1S/C4H13NO6P2/c1-2-3-5-4(12(6,7)8)13(9,10)11/h4-5H,2-3H2,1H3,(H2,6,7,8)(H2,9,10,11). The SMILES string of the molecule is CCCNC(P(=O)(O)O)P(=O)(O)O. The predicted octanol–water partition coefficient (Wildman–Crippen LogP) is -0.375. The zero-order valence-corrected chi connectivity index (χ0v) is 8.78. The van der Waals surface area contributed by atoms with Gasteiger partial charge in [0, 0.05) is 0 Å². The van der Waals surface area contributed by atoms with E-state index >= 15 is 0 Å². The summed E-state index contributed by atoms with van der Waals surface area (Å²) in [5.41, 5.74) is -2.08. The van der Waals surface area contributed by atoms with Crippen LogP contribution in [0.4, 0.5) is 0 Å². The molecule has 0 saturated carbocycles. The van der Waals surface area contributed by atoms with Gasteiger partial charge in [0.05, 0.1) is 0 Å². The number of nitrogens with one attached hydrogen (secondary N) is 1. The van der Waals surface area contributed by atoms with Crippen molar-refractivity contribution in [1.82, 2.24) is 5.32 Å². The van der Waals surface area contributed by atoms with E-state index in [0.717, 1.165) is 0 Å². The van der Waals surface area contributed by atoms with E-state index in [1.807, 2.05) is 0 Å². The fraction of sp³-hybridized carbons (Fsp3) is 1.00. The van der Waals surface area contributed by atoms with E-state index < -0.39 is 20.7 Å². The average Bonchev–Trinajstić information content (AvgIpc) is 1.81. The molecule has 0 fully saturated rings. The highest BCUT2D eigenvalue weighted by atomic mass is 31.2. The molecule has 13 heavy (non-hydrogen) atoms. The lowest BCUT2D eigenvalue weighted by molar-refractivity contribution is 0.328. The van der Waals surface area contributed by atoms with Gasteiger partial charge in [0.25, 0.3) is 0 Å². The minimum atomic E-state index is -4.80. The van der Waals surface area contributed by atoms with Crippen LogP contribution in [0, 0.1) is 0 Å². The molecule has 0 atom stereocenters. The molecular weight excluding hydrogens is 220 g/mol. The molecule has 0 rings (SSSR count). The maximum Gasteiger partial charge on any atom is 0.354 e. The molecule has 0 saturated heterocycles. The van der Waals surface area contributed by atoms with Gasteiger partial charge in [-0.1, -0.05) is 6.92 Å². The molecule has 0 aromatic carbocycles. The smallest absolute Gasteiger partial charge is 0.323 e. The van der Waals surface area contributed by atoms with E-state index in [1.165, 1.54) is 0 Å². The van der Waals surface area contributed by atoms with E-state index in [1.54, 1.807) is 6.92 Å². The van der Waals surface area contributed by atoms with Crippen molar-refractivity contribution >= 4 is 15.2 Å². The summed E-state index contributed by atoms with van der Waals surface area (Å²) in [5.74, 6) is 0. The molecule has 0 aliphatic rings. The van der Waals surface area contributed by atoms with Crippen LogP contribution < -0.4 is 5.32 Å². The van der Waals surface area contributed by atoms with E-state index in [4.69, 9.17) is 19.6 Å². The molecule has 0 heterocycles. The first kappa shape index (κ1) is 13.3. The van der Waals surface area contributed by atoms with Crippen LogP contribution in [-0.4, -0.2) is 31.6 Å². The lowest BCUT2D eigenvalue weighted by Gasteiger charge is -2.20. The van der Waals surface area contributed by atoms with Crippen LogP contribution in [0.25, 0.3) is 0 Å². The molecule has 5 N–H and O–H groups in total. The highest BCUT2D eigenvalue weighted by Gasteiger charge is 2.42. The molecule has 80 valence electrons. The second-order valence-corrected chi connectivity index (χ2v) is 6.30. The van der Waals surface area contributed by atoms with Crippen molar-refractivity contribution in [2.24, 2.45) is 0 Å². The zero-order chi connectivity index (χ0) is 10.7. The first-order valence-corrected chi connectivity index (χ1v) is 6.89. The molecule has 0 aliphatic carbocycles. The van der Waals surface area contributed by atoms with Gasteiger partial charge >= 0.3 is 15.2 Å². The minimum absolute atomic E-state index is 0.140. The summed E-state index contributed by atoms with van der Waals surface area (Å²) in [6, 6.07) is 0. The van der Waals surface area contributed by atoms with Crippen LogP contribution in [0.1, 0.15) is 13.3 Å².